The predicted molar refractivity (Wildman–Crippen MR) is 76.4 cm³/mol. The van der Waals surface area contributed by atoms with Crippen LogP contribution in [0.2, 0.25) is 0 Å². The number of carbonyl (C=O) groups is 2. The Labute approximate surface area is 120 Å². The molecule has 0 radical (unpaired) electrons. The van der Waals surface area contributed by atoms with Crippen molar-refractivity contribution in [2.45, 2.75) is 0 Å². The lowest BCUT2D eigenvalue weighted by molar-refractivity contribution is -0.138. The van der Waals surface area contributed by atoms with Crippen LogP contribution in [0.1, 0.15) is 0 Å². The van der Waals surface area contributed by atoms with Crippen molar-refractivity contribution in [1.82, 2.24) is 9.91 Å². The van der Waals surface area contributed by atoms with Gasteiger partial charge < -0.3 is 19.3 Å². The number of esters is 1. The molecule has 20 heavy (non-hydrogen) atoms. The molecule has 0 aromatic heterocycles. The highest BCUT2D eigenvalue weighted by molar-refractivity contribution is 5.83. The summed E-state index contributed by atoms with van der Waals surface area (Å²) in [5.74, 6) is 4.45. The SMILES string of the molecule is CN(C)N.[C-]#[N+]CC(=O)CN(C)C.[C-]#[N+]CC(=O)OC. The van der Waals surface area contributed by atoms with Crippen molar-refractivity contribution < 1.29 is 14.3 Å². The summed E-state index contributed by atoms with van der Waals surface area (Å²) in [6.45, 7) is 12.7. The summed E-state index contributed by atoms with van der Waals surface area (Å²) < 4.78 is 4.14. The summed E-state index contributed by atoms with van der Waals surface area (Å²) >= 11 is 0. The standard InChI is InChI=1S/C6H10N2O.C4H5NO2.C2H8N2/c1-7-4-6(9)5-8(2)3;1-5-3-4(6)7-2;1-4(2)3/h4-5H2,2-3H3;3H2,2H3;3H2,1-2H3. The zero-order valence-electron chi connectivity index (χ0n) is 12.7. The molecule has 0 aromatic rings. The number of nitrogens with two attached hydrogens (primary N) is 1. The van der Waals surface area contributed by atoms with Gasteiger partial charge in [-0.2, -0.15) is 0 Å². The summed E-state index contributed by atoms with van der Waals surface area (Å²) in [6, 6.07) is 0. The summed E-state index contributed by atoms with van der Waals surface area (Å²) in [5.41, 5.74) is 0. The molecule has 0 spiro atoms. The van der Waals surface area contributed by atoms with Crippen LogP contribution >= 0.6 is 0 Å². The first-order valence-electron chi connectivity index (χ1n) is 5.52. The second kappa shape index (κ2) is 17.0. The Morgan fingerprint density at radius 1 is 1.10 bits per heavy atom. The minimum atomic E-state index is -0.477. The van der Waals surface area contributed by atoms with Gasteiger partial charge in [0.05, 0.1) is 13.7 Å². The number of rotatable bonds is 4. The fraction of sp³-hybridized carbons (Fsp3) is 0.667. The van der Waals surface area contributed by atoms with Crippen LogP contribution in [-0.4, -0.2) is 76.6 Å². The number of hydrogen-bond acceptors (Lipinski definition) is 6. The van der Waals surface area contributed by atoms with Crippen molar-refractivity contribution in [2.24, 2.45) is 5.84 Å². The van der Waals surface area contributed by atoms with Gasteiger partial charge in [-0.15, -0.1) is 0 Å². The van der Waals surface area contributed by atoms with E-state index in [2.05, 4.69) is 14.4 Å². The Morgan fingerprint density at radius 3 is 1.70 bits per heavy atom. The molecule has 0 bridgehead atoms. The predicted octanol–water partition coefficient (Wildman–Crippen LogP) is -0.463. The topological polar surface area (TPSA) is 84.6 Å². The summed E-state index contributed by atoms with van der Waals surface area (Å²) in [5, 5.41) is 1.50. The number of nitrogens with zero attached hydrogens (tertiary/aromatic N) is 4. The monoisotopic (exact) mass is 285 g/mol. The Bertz CT molecular complexity index is 339. The van der Waals surface area contributed by atoms with Gasteiger partial charge in [-0.3, -0.25) is 15.6 Å². The largest absolute Gasteiger partial charge is 0.464 e. The van der Waals surface area contributed by atoms with Crippen LogP contribution < -0.4 is 5.84 Å². The van der Waals surface area contributed by atoms with Gasteiger partial charge in [0.2, 0.25) is 5.78 Å². The molecule has 0 aromatic carbocycles. The van der Waals surface area contributed by atoms with E-state index in [1.54, 1.807) is 19.0 Å². The van der Waals surface area contributed by atoms with E-state index in [0.29, 0.717) is 6.54 Å². The van der Waals surface area contributed by atoms with Crippen molar-refractivity contribution in [3.8, 4) is 0 Å². The van der Waals surface area contributed by atoms with E-state index < -0.39 is 5.97 Å². The highest BCUT2D eigenvalue weighted by Crippen LogP contribution is 1.78. The molecule has 8 nitrogen and oxygen atoms in total. The van der Waals surface area contributed by atoms with Crippen molar-refractivity contribution in [3.05, 3.63) is 22.8 Å². The van der Waals surface area contributed by atoms with Gasteiger partial charge in [-0.25, -0.2) is 17.9 Å². The van der Waals surface area contributed by atoms with E-state index in [-0.39, 0.29) is 18.9 Å². The van der Waals surface area contributed by atoms with Gasteiger partial charge in [0, 0.05) is 14.1 Å². The second-order valence-electron chi connectivity index (χ2n) is 3.95. The number of likely N-dealkylation sites (N-methyl/N-ethyl adjacent to an activating group) is 1. The van der Waals surface area contributed by atoms with Crippen LogP contribution in [0.3, 0.4) is 0 Å². The Balaban J connectivity index is -0.000000234. The second-order valence-corrected chi connectivity index (χ2v) is 3.95. The molecular weight excluding hydrogens is 262 g/mol. The molecule has 0 amide bonds. The van der Waals surface area contributed by atoms with Crippen LogP contribution in [0.25, 0.3) is 9.69 Å². The van der Waals surface area contributed by atoms with Gasteiger partial charge in [0.15, 0.2) is 0 Å². The molecule has 0 saturated carbocycles. The number of hydrazine groups is 1. The zero-order valence-corrected chi connectivity index (χ0v) is 12.7. The third-order valence-electron chi connectivity index (χ3n) is 1.18. The first-order chi connectivity index (χ1) is 9.20. The Hall–Kier alpha value is -2.00. The van der Waals surface area contributed by atoms with E-state index in [1.165, 1.54) is 12.1 Å². The molecule has 0 aliphatic heterocycles. The average molecular weight is 285 g/mol. The van der Waals surface area contributed by atoms with Gasteiger partial charge >= 0.3 is 12.5 Å². The first kappa shape index (κ1) is 23.1. The maximum Gasteiger partial charge on any atom is 0.386 e. The molecule has 2 N–H and O–H groups in total. The zero-order chi connectivity index (χ0) is 16.6. The fourth-order valence-electron chi connectivity index (χ4n) is 0.620. The first-order valence-corrected chi connectivity index (χ1v) is 5.52. The number of methoxy groups -OCH3 is 1. The smallest absolute Gasteiger partial charge is 0.386 e. The van der Waals surface area contributed by atoms with Crippen LogP contribution in [0.15, 0.2) is 0 Å². The molecule has 114 valence electrons. The van der Waals surface area contributed by atoms with E-state index in [9.17, 15) is 9.59 Å². The molecule has 0 saturated heterocycles. The van der Waals surface area contributed by atoms with E-state index >= 15 is 0 Å². The van der Waals surface area contributed by atoms with Crippen LogP contribution in [-0.2, 0) is 14.3 Å². The summed E-state index contributed by atoms with van der Waals surface area (Å²) in [7, 11) is 8.43. The van der Waals surface area contributed by atoms with Crippen LogP contribution in [0.5, 0.6) is 0 Å². The van der Waals surface area contributed by atoms with Gasteiger partial charge in [0.25, 0.3) is 6.54 Å². The maximum atomic E-state index is 10.6. The average Bonchev–Trinajstić information content (AvgIpc) is 2.28. The quantitative estimate of drug-likeness (QED) is 0.325. The third-order valence-corrected chi connectivity index (χ3v) is 1.18. The van der Waals surface area contributed by atoms with Crippen molar-refractivity contribution in [2.75, 3.05) is 54.9 Å². The number of Topliss-reactive ketones (excluding diaryl/α,β-unsaturated/α-hetero) is 1. The molecule has 0 heterocycles. The van der Waals surface area contributed by atoms with E-state index in [0.717, 1.165) is 0 Å². The third kappa shape index (κ3) is 36.0. The van der Waals surface area contributed by atoms with Gasteiger partial charge in [-0.1, -0.05) is 0 Å². The lowest BCUT2D eigenvalue weighted by Gasteiger charge is -2.03. The van der Waals surface area contributed by atoms with Crippen molar-refractivity contribution >= 4 is 11.8 Å². The molecule has 8 heteroatoms. The highest BCUT2D eigenvalue weighted by Gasteiger charge is 2.03. The minimum absolute atomic E-state index is 0.0121. The van der Waals surface area contributed by atoms with Gasteiger partial charge in [0.1, 0.15) is 0 Å². The summed E-state index contributed by atoms with van der Waals surface area (Å²) in [4.78, 5) is 28.1. The Kier molecular flexibility index (Phi) is 19.7. The van der Waals surface area contributed by atoms with E-state index in [1.807, 2.05) is 14.1 Å². The lowest BCUT2D eigenvalue weighted by Crippen LogP contribution is -2.22. The van der Waals surface area contributed by atoms with Crippen LogP contribution in [0, 0.1) is 13.1 Å². The van der Waals surface area contributed by atoms with Gasteiger partial charge in [-0.05, 0) is 14.1 Å². The van der Waals surface area contributed by atoms with Crippen molar-refractivity contribution in [1.29, 1.82) is 0 Å². The molecular formula is C12H23N5O3. The molecule has 0 fully saturated rings. The number of ketones is 1. The molecule has 0 aliphatic carbocycles. The number of hydrogen-bond donors (Lipinski definition) is 1. The molecule has 0 rings (SSSR count). The van der Waals surface area contributed by atoms with Crippen molar-refractivity contribution in [3.63, 3.8) is 0 Å². The number of carbonyl (C=O) groups excluding carboxylic acids is 2. The van der Waals surface area contributed by atoms with Crippen LogP contribution in [0.4, 0.5) is 0 Å². The highest BCUT2D eigenvalue weighted by atomic mass is 16.5. The molecule has 0 atom stereocenters. The number of ether oxygens (including phenoxy) is 1. The maximum absolute atomic E-state index is 10.6. The summed E-state index contributed by atoms with van der Waals surface area (Å²) in [6.07, 6.45) is 0. The Morgan fingerprint density at radius 2 is 1.50 bits per heavy atom. The normalized spacial score (nSPS) is 8.30. The van der Waals surface area contributed by atoms with E-state index in [4.69, 9.17) is 19.0 Å². The minimum Gasteiger partial charge on any atom is -0.464 e. The molecule has 0 unspecified atom stereocenters. The fourth-order valence-corrected chi connectivity index (χ4v) is 0.620. The lowest BCUT2D eigenvalue weighted by atomic mass is 10.4. The molecule has 0 aliphatic rings.